The van der Waals surface area contributed by atoms with Crippen molar-refractivity contribution in [1.29, 1.82) is 0 Å². The van der Waals surface area contributed by atoms with Crippen LogP contribution in [0.1, 0.15) is 0 Å². The fourth-order valence-corrected chi connectivity index (χ4v) is 8.19. The minimum Gasteiger partial charge on any atom is -0.455 e. The molecule has 0 aliphatic carbocycles. The summed E-state index contributed by atoms with van der Waals surface area (Å²) in [6.07, 6.45) is 3.60. The predicted octanol–water partition coefficient (Wildman–Crippen LogP) is 13.1. The minimum absolute atomic E-state index is 0.527. The molecule has 0 spiro atoms. The first kappa shape index (κ1) is 32.2. The monoisotopic (exact) mass is 743 g/mol. The van der Waals surface area contributed by atoms with Crippen molar-refractivity contribution in [1.82, 2.24) is 24.9 Å². The van der Waals surface area contributed by atoms with Gasteiger partial charge in [0.25, 0.3) is 0 Å². The van der Waals surface area contributed by atoms with Gasteiger partial charge in [0.05, 0.1) is 11.0 Å². The van der Waals surface area contributed by atoms with Gasteiger partial charge in [0, 0.05) is 72.5 Å². The third kappa shape index (κ3) is 5.25. The number of benzene rings is 7. The van der Waals surface area contributed by atoms with Crippen molar-refractivity contribution in [3.05, 3.63) is 176 Å². The van der Waals surface area contributed by atoms with Gasteiger partial charge >= 0.3 is 0 Å². The molecule has 0 atom stereocenters. The first-order valence-corrected chi connectivity index (χ1v) is 19.1. The number of pyridine rings is 2. The van der Waals surface area contributed by atoms with Crippen molar-refractivity contribution >= 4 is 65.7 Å². The highest BCUT2D eigenvalue weighted by molar-refractivity contribution is 6.11. The van der Waals surface area contributed by atoms with Gasteiger partial charge in [-0.1, -0.05) is 109 Å². The molecule has 0 aliphatic rings. The van der Waals surface area contributed by atoms with Crippen LogP contribution in [0.15, 0.2) is 185 Å². The lowest BCUT2D eigenvalue weighted by Crippen LogP contribution is -2.01. The second kappa shape index (κ2) is 12.8. The highest BCUT2D eigenvalue weighted by Gasteiger charge is 2.20. The molecule has 0 bridgehead atoms. The number of rotatable bonds is 5. The second-order valence-electron chi connectivity index (χ2n) is 14.5. The Kier molecular flexibility index (Phi) is 7.09. The normalized spacial score (nSPS) is 11.8. The lowest BCUT2D eigenvalue weighted by Gasteiger charge is -2.13. The Morgan fingerprint density at radius 1 is 0.328 bits per heavy atom. The molecule has 7 nitrogen and oxygen atoms in total. The molecule has 58 heavy (non-hydrogen) atoms. The summed E-state index contributed by atoms with van der Waals surface area (Å²) in [6, 6.07) is 55.7. The zero-order valence-electron chi connectivity index (χ0n) is 30.8. The summed E-state index contributed by atoms with van der Waals surface area (Å²) in [5, 5.41) is 6.34. The molecule has 5 heterocycles. The van der Waals surface area contributed by atoms with Gasteiger partial charge in [-0.05, 0) is 65.7 Å². The summed E-state index contributed by atoms with van der Waals surface area (Å²) in [7, 11) is 0. The molecule has 12 aromatic rings. The van der Waals surface area contributed by atoms with E-state index < -0.39 is 0 Å². The fraction of sp³-hybridized carbons (Fsp3) is 0. The van der Waals surface area contributed by atoms with E-state index in [1.807, 2.05) is 72.8 Å². The Morgan fingerprint density at radius 2 is 0.776 bits per heavy atom. The Balaban J connectivity index is 1.13. The van der Waals surface area contributed by atoms with E-state index in [4.69, 9.17) is 23.8 Å². The number of hydrogen-bond acceptors (Lipinski definition) is 7. The Labute approximate surface area is 330 Å². The van der Waals surface area contributed by atoms with Crippen LogP contribution in [-0.4, -0.2) is 24.9 Å². The van der Waals surface area contributed by atoms with Gasteiger partial charge in [-0.25, -0.2) is 15.0 Å². The molecule has 12 rings (SSSR count). The van der Waals surface area contributed by atoms with E-state index in [-0.39, 0.29) is 0 Å². The first-order valence-electron chi connectivity index (χ1n) is 19.1. The minimum atomic E-state index is 0.527. The third-order valence-electron chi connectivity index (χ3n) is 11.0. The van der Waals surface area contributed by atoms with Crippen LogP contribution >= 0.6 is 0 Å². The van der Waals surface area contributed by atoms with Crippen LogP contribution in [0.4, 0.5) is 0 Å². The van der Waals surface area contributed by atoms with E-state index in [9.17, 15) is 0 Å². The Morgan fingerprint density at radius 3 is 1.29 bits per heavy atom. The molecule has 0 N–H and O–H groups in total. The molecule has 0 radical (unpaired) electrons. The average Bonchev–Trinajstić information content (AvgIpc) is 3.87. The molecule has 0 aliphatic heterocycles. The van der Waals surface area contributed by atoms with Gasteiger partial charge in [-0.2, -0.15) is 0 Å². The molecule has 0 unspecified atom stereocenters. The SMILES string of the molecule is c1cnc2cc(-c3nc(-c4cc(-c5cccc6c5oc5ccccc56)cc(-c5cccc6c5oc5ccccc56)c4)nc(-c4ccc5cccnc5c4)n3)ccc2c1. The molecule has 7 aromatic carbocycles. The third-order valence-corrected chi connectivity index (χ3v) is 11.0. The Bertz CT molecular complexity index is 3380. The van der Waals surface area contributed by atoms with Gasteiger partial charge < -0.3 is 8.83 Å². The molecule has 5 aromatic heterocycles. The number of hydrogen-bond donors (Lipinski definition) is 0. The molecule has 0 saturated carbocycles. The maximum Gasteiger partial charge on any atom is 0.164 e. The maximum absolute atomic E-state index is 6.59. The molecule has 0 amide bonds. The van der Waals surface area contributed by atoms with Gasteiger partial charge in [0.1, 0.15) is 22.3 Å². The van der Waals surface area contributed by atoms with Crippen LogP contribution in [0.25, 0.3) is 122 Å². The van der Waals surface area contributed by atoms with Crippen LogP contribution in [-0.2, 0) is 0 Å². The van der Waals surface area contributed by atoms with Crippen LogP contribution in [0.5, 0.6) is 0 Å². The van der Waals surface area contributed by atoms with Crippen molar-refractivity contribution in [3.8, 4) is 56.4 Å². The Hall–Kier alpha value is -8.03. The number of para-hydroxylation sites is 4. The van der Waals surface area contributed by atoms with Crippen molar-refractivity contribution in [2.24, 2.45) is 0 Å². The molecule has 270 valence electrons. The van der Waals surface area contributed by atoms with E-state index in [1.54, 1.807) is 12.4 Å². The van der Waals surface area contributed by atoms with E-state index >= 15 is 0 Å². The number of aromatic nitrogens is 5. The number of nitrogens with zero attached hydrogens (tertiary/aromatic N) is 5. The highest BCUT2D eigenvalue weighted by Crippen LogP contribution is 2.42. The van der Waals surface area contributed by atoms with E-state index in [0.717, 1.165) is 105 Å². The molecule has 0 fully saturated rings. The van der Waals surface area contributed by atoms with Crippen LogP contribution in [0.2, 0.25) is 0 Å². The van der Waals surface area contributed by atoms with Crippen molar-refractivity contribution in [2.75, 3.05) is 0 Å². The number of furan rings is 2. The van der Waals surface area contributed by atoms with E-state index in [2.05, 4.69) is 101 Å². The average molecular weight is 744 g/mol. The molecular weight excluding hydrogens is 715 g/mol. The summed E-state index contributed by atoms with van der Waals surface area (Å²) in [5.41, 5.74) is 11.4. The fourth-order valence-electron chi connectivity index (χ4n) is 8.19. The quantitative estimate of drug-likeness (QED) is 0.173. The standard InChI is InChI=1S/C51H29N5O2/c1-3-17-45-39(11-1)41-15-5-13-37(47(41)57-45)34-25-35(38-14-6-16-42-40-12-2-4-18-46(40)58-48(38)42)27-36(26-34)51-55-49(32-21-19-30-9-7-23-52-43(30)28-32)54-50(56-51)33-22-20-31-10-8-24-53-44(31)29-33/h1-29H. The topological polar surface area (TPSA) is 90.7 Å². The van der Waals surface area contributed by atoms with Gasteiger partial charge in [0.2, 0.25) is 0 Å². The summed E-state index contributed by atoms with van der Waals surface area (Å²) in [4.78, 5) is 24.8. The van der Waals surface area contributed by atoms with Crippen LogP contribution in [0.3, 0.4) is 0 Å². The summed E-state index contributed by atoms with van der Waals surface area (Å²) in [6.45, 7) is 0. The molecule has 7 heteroatoms. The summed E-state index contributed by atoms with van der Waals surface area (Å²) >= 11 is 0. The van der Waals surface area contributed by atoms with Crippen LogP contribution < -0.4 is 0 Å². The zero-order valence-corrected chi connectivity index (χ0v) is 30.8. The predicted molar refractivity (Wildman–Crippen MR) is 232 cm³/mol. The highest BCUT2D eigenvalue weighted by atomic mass is 16.3. The lowest BCUT2D eigenvalue weighted by molar-refractivity contribution is 0.670. The first-order chi connectivity index (χ1) is 28.7. The van der Waals surface area contributed by atoms with Crippen molar-refractivity contribution in [3.63, 3.8) is 0 Å². The van der Waals surface area contributed by atoms with Gasteiger partial charge in [0.15, 0.2) is 17.5 Å². The zero-order chi connectivity index (χ0) is 38.2. The summed E-state index contributed by atoms with van der Waals surface area (Å²) < 4.78 is 13.2. The number of fused-ring (bicyclic) bond motifs is 8. The molecule has 0 saturated heterocycles. The maximum atomic E-state index is 6.59. The van der Waals surface area contributed by atoms with Crippen LogP contribution in [0, 0.1) is 0 Å². The smallest absolute Gasteiger partial charge is 0.164 e. The molecular formula is C51H29N5O2. The van der Waals surface area contributed by atoms with E-state index in [0.29, 0.717) is 17.5 Å². The second-order valence-corrected chi connectivity index (χ2v) is 14.5. The largest absolute Gasteiger partial charge is 0.455 e. The van der Waals surface area contributed by atoms with E-state index in [1.165, 1.54) is 0 Å². The summed E-state index contributed by atoms with van der Waals surface area (Å²) in [5.74, 6) is 1.61. The van der Waals surface area contributed by atoms with Gasteiger partial charge in [-0.15, -0.1) is 0 Å². The van der Waals surface area contributed by atoms with Crippen molar-refractivity contribution < 1.29 is 8.83 Å². The van der Waals surface area contributed by atoms with Crippen molar-refractivity contribution in [2.45, 2.75) is 0 Å². The lowest BCUT2D eigenvalue weighted by atomic mass is 9.94. The van der Waals surface area contributed by atoms with Gasteiger partial charge in [-0.3, -0.25) is 9.97 Å².